The molecule has 1 amide bonds. The van der Waals surface area contributed by atoms with Crippen LogP contribution >= 0.6 is 0 Å². The lowest BCUT2D eigenvalue weighted by atomic mass is 10.1. The van der Waals surface area contributed by atoms with Crippen molar-refractivity contribution in [2.45, 2.75) is 38.9 Å². The lowest BCUT2D eigenvalue weighted by molar-refractivity contribution is 0.0721. The van der Waals surface area contributed by atoms with Crippen molar-refractivity contribution in [2.75, 3.05) is 6.54 Å². The fourth-order valence-corrected chi connectivity index (χ4v) is 3.68. The second kappa shape index (κ2) is 7.20. The van der Waals surface area contributed by atoms with E-state index in [0.29, 0.717) is 0 Å². The molecule has 1 aliphatic rings. The fraction of sp³-hybridized carbons (Fsp3) is 0.333. The average molecular weight is 348 g/mol. The Hall–Kier alpha value is -2.82. The van der Waals surface area contributed by atoms with Gasteiger partial charge in [-0.3, -0.25) is 9.48 Å². The number of nitrogens with zero attached hydrogens (tertiary/aromatic N) is 4. The molecule has 1 saturated heterocycles. The predicted molar refractivity (Wildman–Crippen MR) is 101 cm³/mol. The van der Waals surface area contributed by atoms with Crippen molar-refractivity contribution < 1.29 is 4.79 Å². The Morgan fingerprint density at radius 1 is 1.19 bits per heavy atom. The van der Waals surface area contributed by atoms with Crippen molar-refractivity contribution in [3.05, 3.63) is 77.9 Å². The monoisotopic (exact) mass is 348 g/mol. The molecule has 0 spiro atoms. The quantitative estimate of drug-likeness (QED) is 0.710. The Kier molecular flexibility index (Phi) is 4.61. The van der Waals surface area contributed by atoms with Gasteiger partial charge < -0.3 is 9.47 Å². The second-order valence-corrected chi connectivity index (χ2v) is 7.09. The van der Waals surface area contributed by atoms with Crippen LogP contribution in [0.25, 0.3) is 0 Å². The van der Waals surface area contributed by atoms with Crippen LogP contribution in [0.5, 0.6) is 0 Å². The van der Waals surface area contributed by atoms with E-state index in [-0.39, 0.29) is 11.9 Å². The van der Waals surface area contributed by atoms with Crippen LogP contribution in [-0.4, -0.2) is 37.7 Å². The van der Waals surface area contributed by atoms with Crippen LogP contribution in [0.3, 0.4) is 0 Å². The Morgan fingerprint density at radius 3 is 2.65 bits per heavy atom. The van der Waals surface area contributed by atoms with Crippen LogP contribution in [0.1, 0.15) is 34.3 Å². The van der Waals surface area contributed by atoms with Gasteiger partial charge in [0.25, 0.3) is 5.91 Å². The van der Waals surface area contributed by atoms with E-state index >= 15 is 0 Å². The van der Waals surface area contributed by atoms with Crippen LogP contribution in [0.15, 0.2) is 61.2 Å². The normalized spacial score (nSPS) is 17.0. The molecule has 2 aromatic heterocycles. The largest absolute Gasteiger partial charge is 0.350 e. The molecule has 4 rings (SSSR count). The molecule has 1 fully saturated rings. The molecular formula is C21H24N4O. The summed E-state index contributed by atoms with van der Waals surface area (Å²) in [6.45, 7) is 4.46. The molecule has 0 unspecified atom stereocenters. The van der Waals surface area contributed by atoms with Gasteiger partial charge in [0, 0.05) is 37.2 Å². The highest BCUT2D eigenvalue weighted by Gasteiger charge is 2.29. The number of aromatic nitrogens is 3. The van der Waals surface area contributed by atoms with Crippen LogP contribution in [0.4, 0.5) is 0 Å². The zero-order valence-electron chi connectivity index (χ0n) is 15.1. The first kappa shape index (κ1) is 16.6. The van der Waals surface area contributed by atoms with Crippen molar-refractivity contribution in [1.82, 2.24) is 19.2 Å². The SMILES string of the molecule is Cc1cnn(C[C@H]2CCCN2C(=O)c2ccc(Cn3cccc3)cc2)c1. The van der Waals surface area contributed by atoms with E-state index in [1.807, 2.05) is 65.6 Å². The third-order valence-electron chi connectivity index (χ3n) is 5.03. The summed E-state index contributed by atoms with van der Waals surface area (Å²) >= 11 is 0. The van der Waals surface area contributed by atoms with Gasteiger partial charge in [0.2, 0.25) is 0 Å². The van der Waals surface area contributed by atoms with E-state index in [1.54, 1.807) is 0 Å². The molecule has 3 heterocycles. The number of amides is 1. The van der Waals surface area contributed by atoms with Crippen LogP contribution in [-0.2, 0) is 13.1 Å². The minimum absolute atomic E-state index is 0.129. The number of hydrogen-bond donors (Lipinski definition) is 0. The molecule has 1 atom stereocenters. The maximum absolute atomic E-state index is 13.0. The standard InChI is InChI=1S/C21H24N4O/c1-17-13-22-24(14-17)16-20-5-4-12-25(20)21(26)19-8-6-18(7-9-19)15-23-10-2-3-11-23/h2-3,6-11,13-14,20H,4-5,12,15-16H2,1H3/t20-/m1/s1. The van der Waals surface area contributed by atoms with Gasteiger partial charge in [-0.25, -0.2) is 0 Å². The average Bonchev–Trinajstić information content (AvgIpc) is 3.38. The zero-order chi connectivity index (χ0) is 17.9. The number of aryl methyl sites for hydroxylation is 1. The summed E-state index contributed by atoms with van der Waals surface area (Å²) in [6.07, 6.45) is 10.1. The summed E-state index contributed by atoms with van der Waals surface area (Å²) in [5.74, 6) is 0.129. The summed E-state index contributed by atoms with van der Waals surface area (Å²) in [5, 5.41) is 4.37. The predicted octanol–water partition coefficient (Wildman–Crippen LogP) is 3.35. The van der Waals surface area contributed by atoms with E-state index in [1.165, 1.54) is 5.56 Å². The van der Waals surface area contributed by atoms with Gasteiger partial charge in [-0.15, -0.1) is 0 Å². The van der Waals surface area contributed by atoms with Gasteiger partial charge in [-0.05, 0) is 55.2 Å². The van der Waals surface area contributed by atoms with E-state index < -0.39 is 0 Å². The topological polar surface area (TPSA) is 43.1 Å². The lowest BCUT2D eigenvalue weighted by Gasteiger charge is -2.25. The van der Waals surface area contributed by atoms with Gasteiger partial charge >= 0.3 is 0 Å². The molecule has 5 nitrogen and oxygen atoms in total. The number of carbonyl (C=O) groups excluding carboxylic acids is 1. The highest BCUT2D eigenvalue weighted by molar-refractivity contribution is 5.94. The number of hydrogen-bond acceptors (Lipinski definition) is 2. The first-order valence-corrected chi connectivity index (χ1v) is 9.19. The molecule has 0 aliphatic carbocycles. The Bertz CT molecular complexity index is 864. The summed E-state index contributed by atoms with van der Waals surface area (Å²) in [4.78, 5) is 15.0. The Morgan fingerprint density at radius 2 is 1.96 bits per heavy atom. The summed E-state index contributed by atoms with van der Waals surface area (Å²) in [7, 11) is 0. The molecule has 0 radical (unpaired) electrons. The lowest BCUT2D eigenvalue weighted by Crippen LogP contribution is -2.38. The molecule has 5 heteroatoms. The molecular weight excluding hydrogens is 324 g/mol. The summed E-state index contributed by atoms with van der Waals surface area (Å²) < 4.78 is 4.07. The van der Waals surface area contributed by atoms with Crippen LogP contribution in [0, 0.1) is 6.92 Å². The van der Waals surface area contributed by atoms with Crippen molar-refractivity contribution >= 4 is 5.91 Å². The van der Waals surface area contributed by atoms with Gasteiger partial charge in [0.1, 0.15) is 0 Å². The highest BCUT2D eigenvalue weighted by Crippen LogP contribution is 2.22. The first-order valence-electron chi connectivity index (χ1n) is 9.19. The van der Waals surface area contributed by atoms with Gasteiger partial charge in [-0.2, -0.15) is 5.10 Å². The third kappa shape index (κ3) is 3.57. The molecule has 3 aromatic rings. The van der Waals surface area contributed by atoms with E-state index in [9.17, 15) is 4.79 Å². The van der Waals surface area contributed by atoms with Crippen molar-refractivity contribution in [2.24, 2.45) is 0 Å². The number of likely N-dealkylation sites (tertiary alicyclic amines) is 1. The van der Waals surface area contributed by atoms with Crippen molar-refractivity contribution in [3.8, 4) is 0 Å². The molecule has 0 saturated carbocycles. The van der Waals surface area contributed by atoms with Gasteiger partial charge in [0.15, 0.2) is 0 Å². The smallest absolute Gasteiger partial charge is 0.254 e. The van der Waals surface area contributed by atoms with E-state index in [2.05, 4.69) is 21.8 Å². The second-order valence-electron chi connectivity index (χ2n) is 7.09. The maximum Gasteiger partial charge on any atom is 0.254 e. The van der Waals surface area contributed by atoms with Crippen LogP contribution in [0.2, 0.25) is 0 Å². The Balaban J connectivity index is 1.44. The van der Waals surface area contributed by atoms with Gasteiger partial charge in [-0.1, -0.05) is 12.1 Å². The summed E-state index contributed by atoms with van der Waals surface area (Å²) in [5.41, 5.74) is 3.12. The first-order chi connectivity index (χ1) is 12.7. The zero-order valence-corrected chi connectivity index (χ0v) is 15.1. The minimum Gasteiger partial charge on any atom is -0.350 e. The summed E-state index contributed by atoms with van der Waals surface area (Å²) in [6, 6.07) is 12.3. The fourth-order valence-electron chi connectivity index (χ4n) is 3.68. The third-order valence-corrected chi connectivity index (χ3v) is 5.03. The van der Waals surface area contributed by atoms with Gasteiger partial charge in [0.05, 0.1) is 18.8 Å². The molecule has 26 heavy (non-hydrogen) atoms. The number of carbonyl (C=O) groups is 1. The molecule has 0 bridgehead atoms. The number of benzene rings is 1. The van der Waals surface area contributed by atoms with E-state index in [4.69, 9.17) is 0 Å². The highest BCUT2D eigenvalue weighted by atomic mass is 16.2. The maximum atomic E-state index is 13.0. The number of rotatable bonds is 5. The van der Waals surface area contributed by atoms with E-state index in [0.717, 1.165) is 43.6 Å². The Labute approximate surface area is 153 Å². The molecule has 1 aromatic carbocycles. The van der Waals surface area contributed by atoms with Crippen molar-refractivity contribution in [3.63, 3.8) is 0 Å². The van der Waals surface area contributed by atoms with Crippen molar-refractivity contribution in [1.29, 1.82) is 0 Å². The molecule has 134 valence electrons. The molecule has 0 N–H and O–H groups in total. The van der Waals surface area contributed by atoms with Crippen LogP contribution < -0.4 is 0 Å². The molecule has 1 aliphatic heterocycles. The minimum atomic E-state index is 0.129.